The van der Waals surface area contributed by atoms with Gasteiger partial charge in [-0.2, -0.15) is 0 Å². The molecule has 0 bridgehead atoms. The average molecular weight is 403 g/mol. The predicted octanol–water partition coefficient (Wildman–Crippen LogP) is 4.30. The number of halogens is 3. The van der Waals surface area contributed by atoms with Gasteiger partial charge in [-0.1, -0.05) is 0 Å². The van der Waals surface area contributed by atoms with Gasteiger partial charge in [-0.15, -0.1) is 0 Å². The number of benzene rings is 1. The third kappa shape index (κ3) is 2.60. The van der Waals surface area contributed by atoms with Crippen LogP contribution in [0.15, 0.2) is 39.4 Å². The summed E-state index contributed by atoms with van der Waals surface area (Å²) in [6, 6.07) is 6.03. The van der Waals surface area contributed by atoms with E-state index in [2.05, 4.69) is 36.8 Å². The van der Waals surface area contributed by atoms with E-state index in [9.17, 15) is 9.50 Å². The number of aromatic nitrogens is 1. The van der Waals surface area contributed by atoms with Crippen molar-refractivity contribution in [2.24, 2.45) is 0 Å². The molecule has 1 unspecified atom stereocenters. The second kappa shape index (κ2) is 5.42. The Labute approximate surface area is 132 Å². The summed E-state index contributed by atoms with van der Waals surface area (Å²) in [5.41, 5.74) is 1.19. The number of pyridine rings is 1. The van der Waals surface area contributed by atoms with Gasteiger partial charge in [0.15, 0.2) is 0 Å². The Kier molecular flexibility index (Phi) is 3.79. The minimum Gasteiger partial charge on any atom is -0.484 e. The molecule has 0 saturated heterocycles. The van der Waals surface area contributed by atoms with Gasteiger partial charge in [-0.05, 0) is 56.1 Å². The van der Waals surface area contributed by atoms with Crippen molar-refractivity contribution < 1.29 is 14.2 Å². The smallest absolute Gasteiger partial charge is 0.144 e. The van der Waals surface area contributed by atoms with Crippen molar-refractivity contribution in [1.29, 1.82) is 0 Å². The van der Waals surface area contributed by atoms with Gasteiger partial charge < -0.3 is 9.84 Å². The van der Waals surface area contributed by atoms with Crippen LogP contribution in [-0.4, -0.2) is 10.1 Å². The van der Waals surface area contributed by atoms with Crippen LogP contribution in [0.25, 0.3) is 0 Å². The fourth-order valence-electron chi connectivity index (χ4n) is 2.25. The van der Waals surface area contributed by atoms with E-state index in [-0.39, 0.29) is 11.9 Å². The Morgan fingerprint density at radius 2 is 2.10 bits per heavy atom. The van der Waals surface area contributed by atoms with Crippen LogP contribution in [0.4, 0.5) is 4.39 Å². The molecule has 0 saturated carbocycles. The van der Waals surface area contributed by atoms with Crippen LogP contribution in [0.3, 0.4) is 0 Å². The van der Waals surface area contributed by atoms with Crippen molar-refractivity contribution in [2.45, 2.75) is 18.6 Å². The molecule has 3 nitrogen and oxygen atoms in total. The van der Waals surface area contributed by atoms with Crippen molar-refractivity contribution >= 4 is 31.9 Å². The first-order chi connectivity index (χ1) is 9.54. The molecule has 0 spiro atoms. The zero-order valence-electron chi connectivity index (χ0n) is 10.2. The highest BCUT2D eigenvalue weighted by molar-refractivity contribution is 9.11. The molecule has 1 aliphatic rings. The molecule has 0 radical (unpaired) electrons. The molecule has 3 rings (SSSR count). The number of aliphatic hydroxyl groups is 1. The normalized spacial score (nSPS) is 21.2. The highest BCUT2D eigenvalue weighted by atomic mass is 79.9. The summed E-state index contributed by atoms with van der Waals surface area (Å²) in [6.07, 6.45) is 0.877. The molecule has 0 amide bonds. The number of fused-ring (bicyclic) bond motifs is 1. The standard InChI is InChI=1S/C14H10Br2FNO2/c15-7-3-10(16)14(18-6-7)13-5-11(19)9-4-8(17)1-2-12(9)20-13/h1-4,6,11,13,19H,5H2/t11-,13?/m0/s1. The molecule has 1 aromatic heterocycles. The van der Waals surface area contributed by atoms with Crippen LogP contribution < -0.4 is 4.74 Å². The van der Waals surface area contributed by atoms with E-state index in [1.807, 2.05) is 6.07 Å². The summed E-state index contributed by atoms with van der Waals surface area (Å²) < 4.78 is 20.7. The van der Waals surface area contributed by atoms with Crippen molar-refractivity contribution in [3.05, 3.63) is 56.5 Å². The number of aliphatic hydroxyl groups excluding tert-OH is 1. The zero-order chi connectivity index (χ0) is 14.3. The second-order valence-corrected chi connectivity index (χ2v) is 6.33. The van der Waals surface area contributed by atoms with Crippen molar-refractivity contribution in [3.63, 3.8) is 0 Å². The summed E-state index contributed by atoms with van der Waals surface area (Å²) in [5, 5.41) is 10.2. The minimum absolute atomic E-state index is 0.337. The molecular weight excluding hydrogens is 393 g/mol. The molecule has 0 aliphatic carbocycles. The molecule has 0 fully saturated rings. The highest BCUT2D eigenvalue weighted by Crippen LogP contribution is 2.42. The van der Waals surface area contributed by atoms with Crippen LogP contribution in [-0.2, 0) is 0 Å². The molecule has 2 aromatic rings. The maximum atomic E-state index is 13.2. The van der Waals surface area contributed by atoms with Gasteiger partial charge in [0.2, 0.25) is 0 Å². The molecule has 1 N–H and O–H groups in total. The summed E-state index contributed by atoms with van der Waals surface area (Å²) in [6.45, 7) is 0. The minimum atomic E-state index is -0.767. The fraction of sp³-hybridized carbons (Fsp3) is 0.214. The number of rotatable bonds is 1. The van der Waals surface area contributed by atoms with Gasteiger partial charge in [0.1, 0.15) is 17.7 Å². The molecule has 20 heavy (non-hydrogen) atoms. The fourth-order valence-corrected chi connectivity index (χ4v) is 3.49. The van der Waals surface area contributed by atoms with Gasteiger partial charge in [-0.3, -0.25) is 4.98 Å². The van der Waals surface area contributed by atoms with E-state index in [1.165, 1.54) is 18.2 Å². The van der Waals surface area contributed by atoms with Gasteiger partial charge in [-0.25, -0.2) is 4.39 Å². The molecular formula is C14H10Br2FNO2. The average Bonchev–Trinajstić information content (AvgIpc) is 2.39. The Bertz CT molecular complexity index is 666. The Hall–Kier alpha value is -0.980. The monoisotopic (exact) mass is 401 g/mol. The number of ether oxygens (including phenoxy) is 1. The Balaban J connectivity index is 1.97. The maximum absolute atomic E-state index is 13.2. The SMILES string of the molecule is O[C@H]1CC(c2ncc(Br)cc2Br)Oc2ccc(F)cc21. The molecule has 1 aliphatic heterocycles. The number of nitrogens with zero attached hydrogens (tertiary/aromatic N) is 1. The van der Waals surface area contributed by atoms with Gasteiger partial charge >= 0.3 is 0 Å². The Morgan fingerprint density at radius 3 is 2.85 bits per heavy atom. The first-order valence-corrected chi connectivity index (χ1v) is 7.58. The van der Waals surface area contributed by atoms with Crippen LogP contribution in [0.2, 0.25) is 0 Å². The zero-order valence-corrected chi connectivity index (χ0v) is 13.4. The number of hydrogen-bond donors (Lipinski definition) is 1. The van der Waals surface area contributed by atoms with Gasteiger partial charge in [0.05, 0.1) is 11.8 Å². The molecule has 2 heterocycles. The van der Waals surface area contributed by atoms with Gasteiger partial charge in [0, 0.05) is 27.1 Å². The maximum Gasteiger partial charge on any atom is 0.144 e. The summed E-state index contributed by atoms with van der Waals surface area (Å²) >= 11 is 6.78. The predicted molar refractivity (Wildman–Crippen MR) is 79.0 cm³/mol. The Morgan fingerprint density at radius 1 is 1.30 bits per heavy atom. The summed E-state index contributed by atoms with van der Waals surface area (Å²) in [4.78, 5) is 4.32. The van der Waals surface area contributed by atoms with E-state index < -0.39 is 6.10 Å². The second-order valence-electron chi connectivity index (χ2n) is 4.56. The third-order valence-corrected chi connectivity index (χ3v) is 4.25. The molecule has 1 aromatic carbocycles. The lowest BCUT2D eigenvalue weighted by Gasteiger charge is -2.29. The topological polar surface area (TPSA) is 42.4 Å². The van der Waals surface area contributed by atoms with E-state index in [0.29, 0.717) is 23.4 Å². The lowest BCUT2D eigenvalue weighted by atomic mass is 9.97. The van der Waals surface area contributed by atoms with Crippen molar-refractivity contribution in [3.8, 4) is 5.75 Å². The quantitative estimate of drug-likeness (QED) is 0.773. The van der Waals surface area contributed by atoms with Crippen LogP contribution in [0, 0.1) is 5.82 Å². The lowest BCUT2D eigenvalue weighted by Crippen LogP contribution is -2.20. The summed E-state index contributed by atoms with van der Waals surface area (Å²) in [7, 11) is 0. The first-order valence-electron chi connectivity index (χ1n) is 5.99. The summed E-state index contributed by atoms with van der Waals surface area (Å²) in [5.74, 6) is 0.111. The highest BCUT2D eigenvalue weighted by Gasteiger charge is 2.30. The van der Waals surface area contributed by atoms with Crippen LogP contribution in [0.1, 0.15) is 29.9 Å². The van der Waals surface area contributed by atoms with Crippen LogP contribution in [0.5, 0.6) is 5.75 Å². The largest absolute Gasteiger partial charge is 0.484 e. The van der Waals surface area contributed by atoms with E-state index in [4.69, 9.17) is 4.74 Å². The van der Waals surface area contributed by atoms with E-state index in [0.717, 1.165) is 8.95 Å². The van der Waals surface area contributed by atoms with E-state index >= 15 is 0 Å². The molecule has 6 heteroatoms. The molecule has 2 atom stereocenters. The molecule has 104 valence electrons. The van der Waals surface area contributed by atoms with Gasteiger partial charge in [0.25, 0.3) is 0 Å². The van der Waals surface area contributed by atoms with E-state index in [1.54, 1.807) is 6.20 Å². The third-order valence-electron chi connectivity index (χ3n) is 3.18. The lowest BCUT2D eigenvalue weighted by molar-refractivity contribution is 0.0629. The number of hydrogen-bond acceptors (Lipinski definition) is 3. The van der Waals surface area contributed by atoms with Crippen LogP contribution >= 0.6 is 31.9 Å². The van der Waals surface area contributed by atoms with Crippen molar-refractivity contribution in [2.75, 3.05) is 0 Å². The first kappa shape index (κ1) is 14.0. The van der Waals surface area contributed by atoms with Crippen molar-refractivity contribution in [1.82, 2.24) is 4.98 Å².